The average molecular weight is 362 g/mol. The van der Waals surface area contributed by atoms with E-state index in [1.807, 2.05) is 54.1 Å². The van der Waals surface area contributed by atoms with Gasteiger partial charge < -0.3 is 4.74 Å². The van der Waals surface area contributed by atoms with Crippen molar-refractivity contribution in [2.24, 2.45) is 0 Å². The molecule has 0 saturated heterocycles. The van der Waals surface area contributed by atoms with E-state index < -0.39 is 0 Å². The molecule has 6 nitrogen and oxygen atoms in total. The maximum atomic E-state index is 12.8. The normalized spacial score (nSPS) is 18.8. The molecule has 1 aromatic heterocycles. The number of amides is 1. The minimum Gasteiger partial charge on any atom is -0.496 e. The predicted octanol–water partition coefficient (Wildman–Crippen LogP) is 3.76. The van der Waals surface area contributed by atoms with Gasteiger partial charge in [0.25, 0.3) is 0 Å². The summed E-state index contributed by atoms with van der Waals surface area (Å²) in [4.78, 5) is 19.0. The number of rotatable bonds is 4. The van der Waals surface area contributed by atoms with Gasteiger partial charge in [-0.25, -0.2) is 4.68 Å². The number of hydrogen-bond acceptors (Lipinski definition) is 4. The van der Waals surface area contributed by atoms with Crippen LogP contribution >= 0.6 is 0 Å². The number of benzene rings is 2. The van der Waals surface area contributed by atoms with Crippen molar-refractivity contribution < 1.29 is 9.53 Å². The molecule has 27 heavy (non-hydrogen) atoms. The first kappa shape index (κ1) is 17.3. The van der Waals surface area contributed by atoms with E-state index in [1.54, 1.807) is 12.0 Å². The fourth-order valence-corrected chi connectivity index (χ4v) is 3.81. The Morgan fingerprint density at radius 2 is 1.85 bits per heavy atom. The van der Waals surface area contributed by atoms with Crippen LogP contribution in [0.25, 0.3) is 0 Å². The molecule has 0 saturated carbocycles. The zero-order valence-electron chi connectivity index (χ0n) is 15.4. The zero-order valence-corrected chi connectivity index (χ0v) is 15.4. The first-order valence-corrected chi connectivity index (χ1v) is 9.14. The second-order valence-electron chi connectivity index (χ2n) is 6.54. The van der Waals surface area contributed by atoms with Crippen LogP contribution in [-0.4, -0.2) is 27.8 Å². The summed E-state index contributed by atoms with van der Waals surface area (Å²) in [7, 11) is 1.67. The highest BCUT2D eigenvalue weighted by Gasteiger charge is 2.39. The van der Waals surface area contributed by atoms with Crippen molar-refractivity contribution in [1.29, 1.82) is 0 Å². The van der Waals surface area contributed by atoms with Crippen LogP contribution in [-0.2, 0) is 4.79 Å². The predicted molar refractivity (Wildman–Crippen MR) is 103 cm³/mol. The summed E-state index contributed by atoms with van der Waals surface area (Å²) in [5.41, 5.74) is 2.13. The lowest BCUT2D eigenvalue weighted by Crippen LogP contribution is -2.42. The summed E-state index contributed by atoms with van der Waals surface area (Å²) >= 11 is 0. The van der Waals surface area contributed by atoms with Crippen LogP contribution < -0.4 is 9.64 Å². The fraction of sp³-hybridized carbons (Fsp3) is 0.286. The highest BCUT2D eigenvalue weighted by Crippen LogP contribution is 2.43. The minimum absolute atomic E-state index is 0.0385. The Labute approximate surface area is 158 Å². The van der Waals surface area contributed by atoms with Gasteiger partial charge in [0, 0.05) is 12.0 Å². The van der Waals surface area contributed by atoms with Gasteiger partial charge in [0.1, 0.15) is 12.1 Å². The van der Waals surface area contributed by atoms with E-state index in [0.717, 1.165) is 16.9 Å². The molecule has 2 atom stereocenters. The molecule has 0 spiro atoms. The number of nitrogens with zero attached hydrogens (tertiary/aromatic N) is 4. The van der Waals surface area contributed by atoms with E-state index in [2.05, 4.69) is 22.2 Å². The van der Waals surface area contributed by atoms with E-state index >= 15 is 0 Å². The Balaban J connectivity index is 1.87. The quantitative estimate of drug-likeness (QED) is 0.709. The molecule has 0 aliphatic carbocycles. The number of para-hydroxylation sites is 1. The lowest BCUT2D eigenvalue weighted by Gasteiger charge is -2.39. The van der Waals surface area contributed by atoms with E-state index in [4.69, 9.17) is 4.74 Å². The Hall–Kier alpha value is -3.15. The van der Waals surface area contributed by atoms with Gasteiger partial charge in [0.05, 0.1) is 19.2 Å². The smallest absolute Gasteiger partial charge is 0.231 e. The molecule has 3 aromatic rings. The van der Waals surface area contributed by atoms with E-state index in [-0.39, 0.29) is 18.0 Å². The Morgan fingerprint density at radius 3 is 2.59 bits per heavy atom. The summed E-state index contributed by atoms with van der Waals surface area (Å²) in [5.74, 6) is 1.43. The molecule has 2 heterocycles. The van der Waals surface area contributed by atoms with Crippen LogP contribution in [0.2, 0.25) is 0 Å². The van der Waals surface area contributed by atoms with Crippen molar-refractivity contribution in [2.75, 3.05) is 12.0 Å². The van der Waals surface area contributed by atoms with Crippen LogP contribution in [0.5, 0.6) is 5.75 Å². The number of fused-ring (bicyclic) bond motifs is 1. The topological polar surface area (TPSA) is 60.2 Å². The first-order valence-electron chi connectivity index (χ1n) is 9.14. The molecule has 0 radical (unpaired) electrons. The first-order chi connectivity index (χ1) is 13.2. The lowest BCUT2D eigenvalue weighted by molar-refractivity contribution is -0.119. The molecule has 0 N–H and O–H groups in total. The van der Waals surface area contributed by atoms with E-state index in [9.17, 15) is 4.79 Å². The van der Waals surface area contributed by atoms with Crippen molar-refractivity contribution in [3.63, 3.8) is 0 Å². The molecule has 2 aromatic carbocycles. The van der Waals surface area contributed by atoms with Crippen LogP contribution in [0, 0.1) is 0 Å². The van der Waals surface area contributed by atoms with Gasteiger partial charge in [0.15, 0.2) is 0 Å². The standard InChI is InChI=1S/C21H22N4O2/c1-3-20(26)24-17(15-9-5-4-6-10-15)13-18(25-21(24)22-14-23-25)16-11-7-8-12-19(16)27-2/h4-12,14,17-18H,3,13H2,1-2H3/t17-,18-/m1/s1. The molecule has 1 amide bonds. The fourth-order valence-electron chi connectivity index (χ4n) is 3.81. The van der Waals surface area contributed by atoms with Crippen LogP contribution in [0.15, 0.2) is 60.9 Å². The minimum atomic E-state index is -0.106. The molecule has 1 aliphatic rings. The van der Waals surface area contributed by atoms with Gasteiger partial charge in [-0.05, 0) is 18.1 Å². The van der Waals surface area contributed by atoms with Crippen molar-refractivity contribution in [3.05, 3.63) is 72.1 Å². The van der Waals surface area contributed by atoms with Gasteiger partial charge in [0.2, 0.25) is 11.9 Å². The molecule has 0 fully saturated rings. The lowest BCUT2D eigenvalue weighted by atomic mass is 9.91. The van der Waals surface area contributed by atoms with Crippen molar-refractivity contribution >= 4 is 11.9 Å². The number of ether oxygens (including phenoxy) is 1. The SMILES string of the molecule is CCC(=O)N1c2ncnn2[C@@H](c2ccccc2OC)C[C@@H]1c1ccccc1. The van der Waals surface area contributed by atoms with E-state index in [1.165, 1.54) is 6.33 Å². The Kier molecular flexibility index (Phi) is 4.62. The summed E-state index contributed by atoms with van der Waals surface area (Å²) in [5, 5.41) is 4.44. The van der Waals surface area contributed by atoms with Crippen LogP contribution in [0.3, 0.4) is 0 Å². The Bertz CT molecular complexity index is 938. The van der Waals surface area contributed by atoms with Crippen molar-refractivity contribution in [3.8, 4) is 5.75 Å². The Morgan fingerprint density at radius 1 is 1.11 bits per heavy atom. The van der Waals surface area contributed by atoms with Crippen molar-refractivity contribution in [1.82, 2.24) is 14.8 Å². The summed E-state index contributed by atoms with van der Waals surface area (Å²) < 4.78 is 7.42. The third-order valence-electron chi connectivity index (χ3n) is 5.08. The highest BCUT2D eigenvalue weighted by molar-refractivity contribution is 5.92. The molecule has 4 rings (SSSR count). The molecule has 6 heteroatoms. The zero-order chi connectivity index (χ0) is 18.8. The van der Waals surface area contributed by atoms with Gasteiger partial charge >= 0.3 is 0 Å². The summed E-state index contributed by atoms with van der Waals surface area (Å²) in [6.07, 6.45) is 2.63. The summed E-state index contributed by atoms with van der Waals surface area (Å²) in [6.45, 7) is 1.87. The number of carbonyl (C=O) groups excluding carboxylic acids is 1. The van der Waals surface area contributed by atoms with Crippen LogP contribution in [0.1, 0.15) is 43.0 Å². The second-order valence-corrected chi connectivity index (χ2v) is 6.54. The van der Waals surface area contributed by atoms with Gasteiger partial charge in [-0.1, -0.05) is 55.5 Å². The van der Waals surface area contributed by atoms with Crippen molar-refractivity contribution in [2.45, 2.75) is 31.8 Å². The number of hydrogen-bond donors (Lipinski definition) is 0. The molecule has 138 valence electrons. The maximum Gasteiger partial charge on any atom is 0.231 e. The third-order valence-corrected chi connectivity index (χ3v) is 5.08. The number of aromatic nitrogens is 3. The largest absolute Gasteiger partial charge is 0.496 e. The van der Waals surface area contributed by atoms with Gasteiger partial charge in [-0.2, -0.15) is 10.1 Å². The van der Waals surface area contributed by atoms with Gasteiger partial charge in [-0.3, -0.25) is 9.69 Å². The number of carbonyl (C=O) groups is 1. The average Bonchev–Trinajstić information content (AvgIpc) is 3.22. The number of methoxy groups -OCH3 is 1. The second kappa shape index (κ2) is 7.23. The molecular weight excluding hydrogens is 340 g/mol. The highest BCUT2D eigenvalue weighted by atomic mass is 16.5. The molecule has 0 unspecified atom stereocenters. The molecule has 1 aliphatic heterocycles. The molecular formula is C21H22N4O2. The molecule has 0 bridgehead atoms. The van der Waals surface area contributed by atoms with Crippen LogP contribution in [0.4, 0.5) is 5.95 Å². The number of anilines is 1. The summed E-state index contributed by atoms with van der Waals surface area (Å²) in [6, 6.07) is 17.9. The monoisotopic (exact) mass is 362 g/mol. The third kappa shape index (κ3) is 2.97. The van der Waals surface area contributed by atoms with E-state index in [0.29, 0.717) is 18.8 Å². The van der Waals surface area contributed by atoms with Gasteiger partial charge in [-0.15, -0.1) is 0 Å². The maximum absolute atomic E-state index is 12.8.